The summed E-state index contributed by atoms with van der Waals surface area (Å²) < 4.78 is 2.03. The smallest absolute Gasteiger partial charge is 0.242 e. The minimum Gasteiger partial charge on any atom is -0.273 e. The Hall–Kier alpha value is -3.62. The minimum absolute atomic E-state index is 0.0768. The number of aromatic nitrogens is 3. The second kappa shape index (κ2) is 9.79. The van der Waals surface area contributed by atoms with Crippen LogP contribution >= 0.6 is 22.9 Å². The van der Waals surface area contributed by atoms with Gasteiger partial charge in [0.05, 0.1) is 18.3 Å². The summed E-state index contributed by atoms with van der Waals surface area (Å²) in [5.74, 6) is 1.13. The molecule has 5 rings (SSSR count). The van der Waals surface area contributed by atoms with Gasteiger partial charge in [-0.2, -0.15) is 5.10 Å². The lowest BCUT2D eigenvalue weighted by atomic mass is 9.99. The average Bonchev–Trinajstić information content (AvgIpc) is 3.33. The quantitative estimate of drug-likeness (QED) is 0.275. The third-order valence-electron chi connectivity index (χ3n) is 6.22. The van der Waals surface area contributed by atoms with Gasteiger partial charge >= 0.3 is 0 Å². The molecule has 0 radical (unpaired) electrons. The molecule has 0 spiro atoms. The van der Waals surface area contributed by atoms with Crippen LogP contribution in [0.2, 0.25) is 5.02 Å². The molecule has 1 atom stereocenters. The normalized spacial score (nSPS) is 14.8. The molecule has 2 aromatic carbocycles. The zero-order valence-electron chi connectivity index (χ0n) is 20.4. The lowest BCUT2D eigenvalue weighted by Gasteiger charge is -2.12. The third kappa shape index (κ3) is 4.62. The lowest BCUT2D eigenvalue weighted by Crippen LogP contribution is -2.21. The molecule has 1 aliphatic heterocycles. The second-order valence-corrected chi connectivity index (χ2v) is 10.5. The van der Waals surface area contributed by atoms with E-state index in [1.165, 1.54) is 4.88 Å². The predicted molar refractivity (Wildman–Crippen MR) is 145 cm³/mol. The maximum atomic E-state index is 12.9. The standard InChI is InChI=1S/C27H25ClN6OS/c1-15-5-7-19(8-6-15)14-29-32-23(35)13-22-26-33-31-18(4)34(26)27-24(16(2)17(3)36-27)25(30-22)20-9-11-21(28)12-10-20/h5-12,14,22H,13H2,1-4H3,(H,32,35)/b29-14-/t22-/m0/s1. The highest BCUT2D eigenvalue weighted by molar-refractivity contribution is 7.15. The van der Waals surface area contributed by atoms with Crippen molar-refractivity contribution in [1.29, 1.82) is 0 Å². The first-order valence-corrected chi connectivity index (χ1v) is 12.8. The molecule has 36 heavy (non-hydrogen) atoms. The lowest BCUT2D eigenvalue weighted by molar-refractivity contribution is -0.121. The van der Waals surface area contributed by atoms with Crippen molar-refractivity contribution < 1.29 is 4.79 Å². The highest BCUT2D eigenvalue weighted by atomic mass is 35.5. The first-order chi connectivity index (χ1) is 17.3. The predicted octanol–water partition coefficient (Wildman–Crippen LogP) is 5.65. The minimum atomic E-state index is -0.536. The van der Waals surface area contributed by atoms with Crippen LogP contribution in [0.15, 0.2) is 58.6 Å². The molecule has 9 heteroatoms. The number of hydrazone groups is 1. The van der Waals surface area contributed by atoms with E-state index < -0.39 is 6.04 Å². The molecule has 0 fully saturated rings. The van der Waals surface area contributed by atoms with E-state index in [1.807, 2.05) is 66.9 Å². The van der Waals surface area contributed by atoms with Crippen molar-refractivity contribution >= 4 is 40.8 Å². The molecular weight excluding hydrogens is 492 g/mol. The number of aryl methyl sites for hydroxylation is 3. The number of rotatable bonds is 5. The van der Waals surface area contributed by atoms with Crippen LogP contribution < -0.4 is 5.43 Å². The number of halogens is 1. The largest absolute Gasteiger partial charge is 0.273 e. The molecule has 1 amide bonds. The number of benzene rings is 2. The van der Waals surface area contributed by atoms with Gasteiger partial charge < -0.3 is 0 Å². The molecule has 182 valence electrons. The monoisotopic (exact) mass is 516 g/mol. The SMILES string of the molecule is Cc1ccc(/C=N\NC(=O)C[C@@H]2N=C(c3ccc(Cl)cc3)c3c(sc(C)c3C)-n3c(C)nnc32)cc1. The first kappa shape index (κ1) is 24.1. The summed E-state index contributed by atoms with van der Waals surface area (Å²) in [6, 6.07) is 15.0. The van der Waals surface area contributed by atoms with Crippen LogP contribution in [0.5, 0.6) is 0 Å². The number of carbonyl (C=O) groups is 1. The molecule has 0 unspecified atom stereocenters. The van der Waals surface area contributed by atoms with Crippen molar-refractivity contribution in [3.8, 4) is 5.00 Å². The van der Waals surface area contributed by atoms with E-state index in [-0.39, 0.29) is 12.3 Å². The fraction of sp³-hybridized carbons (Fsp3) is 0.222. The topological polar surface area (TPSA) is 84.5 Å². The Bertz CT molecular complexity index is 1500. The number of aliphatic imine (C=N–C) groups is 1. The van der Waals surface area contributed by atoms with Gasteiger partial charge in [-0.1, -0.05) is 53.6 Å². The number of amides is 1. The summed E-state index contributed by atoms with van der Waals surface area (Å²) in [7, 11) is 0. The van der Waals surface area contributed by atoms with Crippen LogP contribution in [-0.2, 0) is 4.79 Å². The Kier molecular flexibility index (Phi) is 6.55. The zero-order chi connectivity index (χ0) is 25.4. The Balaban J connectivity index is 1.52. The molecule has 0 saturated carbocycles. The zero-order valence-corrected chi connectivity index (χ0v) is 22.0. The third-order valence-corrected chi connectivity index (χ3v) is 7.66. The summed E-state index contributed by atoms with van der Waals surface area (Å²) in [5.41, 5.74) is 8.63. The van der Waals surface area contributed by atoms with Crippen LogP contribution in [-0.4, -0.2) is 32.6 Å². The summed E-state index contributed by atoms with van der Waals surface area (Å²) in [4.78, 5) is 19.2. The summed E-state index contributed by atoms with van der Waals surface area (Å²) >= 11 is 7.84. The molecule has 0 aliphatic carbocycles. The number of carbonyl (C=O) groups excluding carboxylic acids is 1. The number of nitrogens with one attached hydrogen (secondary N) is 1. The van der Waals surface area contributed by atoms with Crippen molar-refractivity contribution in [3.05, 3.63) is 97.9 Å². The van der Waals surface area contributed by atoms with Crippen LogP contribution in [0.25, 0.3) is 5.00 Å². The van der Waals surface area contributed by atoms with Gasteiger partial charge in [0.25, 0.3) is 0 Å². The Labute approximate surface area is 218 Å². The second-order valence-electron chi connectivity index (χ2n) is 8.81. The molecule has 3 heterocycles. The molecule has 7 nitrogen and oxygen atoms in total. The molecular formula is C27H25ClN6OS. The van der Waals surface area contributed by atoms with Crippen LogP contribution in [0.1, 0.15) is 56.8 Å². The van der Waals surface area contributed by atoms with E-state index in [9.17, 15) is 4.79 Å². The van der Waals surface area contributed by atoms with Gasteiger partial charge in [0.1, 0.15) is 16.9 Å². The number of hydrogen-bond acceptors (Lipinski definition) is 6. The Morgan fingerprint density at radius 3 is 2.53 bits per heavy atom. The highest BCUT2D eigenvalue weighted by Gasteiger charge is 2.32. The van der Waals surface area contributed by atoms with Gasteiger partial charge in [0, 0.05) is 21.0 Å². The Morgan fingerprint density at radius 2 is 1.81 bits per heavy atom. The van der Waals surface area contributed by atoms with Crippen molar-refractivity contribution in [2.24, 2.45) is 10.1 Å². The molecule has 4 aromatic rings. The summed E-state index contributed by atoms with van der Waals surface area (Å²) in [6.45, 7) is 8.14. The summed E-state index contributed by atoms with van der Waals surface area (Å²) in [5, 5.41) is 14.6. The fourth-order valence-corrected chi connectivity index (χ4v) is 5.53. The van der Waals surface area contributed by atoms with Crippen molar-refractivity contribution in [2.45, 2.75) is 40.2 Å². The van der Waals surface area contributed by atoms with Crippen molar-refractivity contribution in [2.75, 3.05) is 0 Å². The summed E-state index contributed by atoms with van der Waals surface area (Å²) in [6.07, 6.45) is 1.70. The van der Waals surface area contributed by atoms with Gasteiger partial charge in [-0.05, 0) is 51.0 Å². The van der Waals surface area contributed by atoms with E-state index >= 15 is 0 Å². The Morgan fingerprint density at radius 1 is 1.08 bits per heavy atom. The van der Waals surface area contributed by atoms with Gasteiger partial charge in [-0.25, -0.2) is 5.43 Å². The number of hydrogen-bond donors (Lipinski definition) is 1. The van der Waals surface area contributed by atoms with Gasteiger partial charge in [0.2, 0.25) is 5.91 Å². The fourth-order valence-electron chi connectivity index (χ4n) is 4.19. The van der Waals surface area contributed by atoms with Crippen LogP contribution in [0, 0.1) is 27.7 Å². The van der Waals surface area contributed by atoms with Gasteiger partial charge in [-0.3, -0.25) is 14.4 Å². The number of thiophene rings is 1. The maximum Gasteiger partial charge on any atom is 0.242 e. The van der Waals surface area contributed by atoms with E-state index in [4.69, 9.17) is 16.6 Å². The van der Waals surface area contributed by atoms with E-state index in [0.29, 0.717) is 10.8 Å². The van der Waals surface area contributed by atoms with E-state index in [0.717, 1.165) is 44.4 Å². The van der Waals surface area contributed by atoms with Crippen molar-refractivity contribution in [3.63, 3.8) is 0 Å². The molecule has 0 saturated heterocycles. The number of fused-ring (bicyclic) bond motifs is 3. The molecule has 1 N–H and O–H groups in total. The van der Waals surface area contributed by atoms with Gasteiger partial charge in [0.15, 0.2) is 5.82 Å². The first-order valence-electron chi connectivity index (χ1n) is 11.6. The van der Waals surface area contributed by atoms with E-state index in [2.05, 4.69) is 34.6 Å². The van der Waals surface area contributed by atoms with Gasteiger partial charge in [-0.15, -0.1) is 21.5 Å². The molecule has 2 aromatic heterocycles. The molecule has 1 aliphatic rings. The highest BCUT2D eigenvalue weighted by Crippen LogP contribution is 2.39. The van der Waals surface area contributed by atoms with Crippen molar-refractivity contribution in [1.82, 2.24) is 20.2 Å². The molecule has 0 bridgehead atoms. The maximum absolute atomic E-state index is 12.9. The van der Waals surface area contributed by atoms with E-state index in [1.54, 1.807) is 17.6 Å². The average molecular weight is 517 g/mol. The van der Waals surface area contributed by atoms with Crippen LogP contribution in [0.3, 0.4) is 0 Å². The van der Waals surface area contributed by atoms with Crippen LogP contribution in [0.4, 0.5) is 0 Å². The number of nitrogens with zero attached hydrogens (tertiary/aromatic N) is 5.